The third kappa shape index (κ3) is 4.00. The molecule has 0 saturated heterocycles. The molecule has 4 rings (SSSR count). The molecule has 3 aromatic rings. The minimum absolute atomic E-state index is 0.113. The third-order valence-electron chi connectivity index (χ3n) is 4.40. The normalized spacial score (nSPS) is 14.5. The van der Waals surface area contributed by atoms with E-state index in [1.54, 1.807) is 0 Å². The molecule has 12 heteroatoms. The topological polar surface area (TPSA) is 65.4 Å². The second-order valence-corrected chi connectivity index (χ2v) is 6.91. The molecule has 0 unspecified atom stereocenters. The molecule has 1 N–H and O–H groups in total. The quantitative estimate of drug-likeness (QED) is 0.537. The first-order valence-corrected chi connectivity index (χ1v) is 8.93. The Morgan fingerprint density at radius 1 is 1.13 bits per heavy atom. The van der Waals surface area contributed by atoms with Crippen molar-refractivity contribution in [2.75, 3.05) is 5.32 Å². The maximum absolute atomic E-state index is 13.2. The number of hydrogen-bond donors (Lipinski definition) is 1. The SMILES string of the molecule is Cn1ncc(C(=O)Nc2ccc(-c3cc4c(cc3Cl)OC(F)(F)O4)cc2)c1C(F)(F)F. The molecular formula is C19H11ClF5N3O3. The van der Waals surface area contributed by atoms with Gasteiger partial charge in [-0.25, -0.2) is 0 Å². The highest BCUT2D eigenvalue weighted by Crippen LogP contribution is 2.46. The zero-order valence-electron chi connectivity index (χ0n) is 15.4. The summed E-state index contributed by atoms with van der Waals surface area (Å²) in [6, 6.07) is 8.32. The summed E-state index contributed by atoms with van der Waals surface area (Å²) in [6.07, 6.45) is -7.72. The van der Waals surface area contributed by atoms with Crippen molar-refractivity contribution in [3.05, 3.63) is 58.9 Å². The van der Waals surface area contributed by atoms with Crippen molar-refractivity contribution in [2.45, 2.75) is 12.5 Å². The van der Waals surface area contributed by atoms with Crippen LogP contribution in [0.25, 0.3) is 11.1 Å². The van der Waals surface area contributed by atoms with Gasteiger partial charge in [0, 0.05) is 24.4 Å². The van der Waals surface area contributed by atoms with Gasteiger partial charge in [-0.3, -0.25) is 9.48 Å². The van der Waals surface area contributed by atoms with E-state index in [0.29, 0.717) is 15.8 Å². The van der Waals surface area contributed by atoms with E-state index in [0.717, 1.165) is 13.2 Å². The zero-order valence-corrected chi connectivity index (χ0v) is 16.2. The number of nitrogens with zero attached hydrogens (tertiary/aromatic N) is 2. The number of carbonyl (C=O) groups excluding carboxylic acids is 1. The fourth-order valence-electron chi connectivity index (χ4n) is 3.06. The van der Waals surface area contributed by atoms with Gasteiger partial charge in [-0.1, -0.05) is 23.7 Å². The smallest absolute Gasteiger partial charge is 0.395 e. The van der Waals surface area contributed by atoms with Crippen LogP contribution in [0.4, 0.5) is 27.6 Å². The third-order valence-corrected chi connectivity index (χ3v) is 4.71. The first kappa shape index (κ1) is 20.9. The number of carbonyl (C=O) groups is 1. The molecule has 31 heavy (non-hydrogen) atoms. The first-order valence-electron chi connectivity index (χ1n) is 8.55. The van der Waals surface area contributed by atoms with Crippen LogP contribution in [0.2, 0.25) is 5.02 Å². The van der Waals surface area contributed by atoms with Crippen LogP contribution < -0.4 is 14.8 Å². The van der Waals surface area contributed by atoms with Crippen molar-refractivity contribution in [1.82, 2.24) is 9.78 Å². The summed E-state index contributed by atoms with van der Waals surface area (Å²) in [5.41, 5.74) is -0.758. The molecule has 0 bridgehead atoms. The zero-order chi connectivity index (χ0) is 22.6. The Labute approximate surface area is 176 Å². The van der Waals surface area contributed by atoms with Crippen LogP contribution in [0.1, 0.15) is 16.1 Å². The summed E-state index contributed by atoms with van der Waals surface area (Å²) >= 11 is 6.14. The van der Waals surface area contributed by atoms with Crippen LogP contribution in [0.15, 0.2) is 42.6 Å². The van der Waals surface area contributed by atoms with E-state index in [-0.39, 0.29) is 22.2 Å². The van der Waals surface area contributed by atoms with Crippen LogP contribution in [0.5, 0.6) is 11.5 Å². The van der Waals surface area contributed by atoms with Crippen LogP contribution in [-0.4, -0.2) is 22.0 Å². The summed E-state index contributed by atoms with van der Waals surface area (Å²) in [4.78, 5) is 12.3. The number of nitrogens with one attached hydrogen (secondary N) is 1. The van der Waals surface area contributed by atoms with E-state index in [1.807, 2.05) is 0 Å². The summed E-state index contributed by atoms with van der Waals surface area (Å²) in [6.45, 7) is 0. The van der Waals surface area contributed by atoms with Crippen LogP contribution in [-0.2, 0) is 13.2 Å². The minimum atomic E-state index is -4.76. The summed E-state index contributed by atoms with van der Waals surface area (Å²) in [7, 11) is 1.08. The number of aromatic nitrogens is 2. The van der Waals surface area contributed by atoms with E-state index < -0.39 is 29.6 Å². The van der Waals surface area contributed by atoms with Gasteiger partial charge in [0.25, 0.3) is 5.91 Å². The predicted octanol–water partition coefficient (Wildman–Crippen LogP) is 5.33. The second-order valence-electron chi connectivity index (χ2n) is 6.51. The number of alkyl halides is 5. The highest BCUT2D eigenvalue weighted by Gasteiger charge is 2.44. The van der Waals surface area contributed by atoms with Crippen molar-refractivity contribution in [3.8, 4) is 22.6 Å². The molecular weight excluding hydrogens is 449 g/mol. The lowest BCUT2D eigenvalue weighted by atomic mass is 10.0. The molecule has 0 saturated carbocycles. The number of fused-ring (bicyclic) bond motifs is 1. The number of halogens is 6. The Kier molecular flexibility index (Phi) is 4.80. The van der Waals surface area contributed by atoms with Crippen molar-refractivity contribution < 1.29 is 36.2 Å². The molecule has 0 radical (unpaired) electrons. The highest BCUT2D eigenvalue weighted by atomic mass is 35.5. The van der Waals surface area contributed by atoms with Crippen LogP contribution >= 0.6 is 11.6 Å². The lowest BCUT2D eigenvalue weighted by Gasteiger charge is -2.11. The van der Waals surface area contributed by atoms with Gasteiger partial charge in [0.15, 0.2) is 17.2 Å². The predicted molar refractivity (Wildman–Crippen MR) is 99.3 cm³/mol. The molecule has 1 amide bonds. The fraction of sp³-hybridized carbons (Fsp3) is 0.158. The van der Waals surface area contributed by atoms with Gasteiger partial charge in [-0.15, -0.1) is 8.78 Å². The van der Waals surface area contributed by atoms with Crippen molar-refractivity contribution in [1.29, 1.82) is 0 Å². The molecule has 162 valence electrons. The van der Waals surface area contributed by atoms with Crippen LogP contribution in [0.3, 0.4) is 0 Å². The van der Waals surface area contributed by atoms with Gasteiger partial charge in [0.1, 0.15) is 0 Å². The molecule has 2 aromatic carbocycles. The Morgan fingerprint density at radius 3 is 2.35 bits per heavy atom. The van der Waals surface area contributed by atoms with Gasteiger partial charge < -0.3 is 14.8 Å². The van der Waals surface area contributed by atoms with Gasteiger partial charge in [0.2, 0.25) is 0 Å². The van der Waals surface area contributed by atoms with Crippen molar-refractivity contribution in [2.24, 2.45) is 7.05 Å². The average Bonchev–Trinajstić information content (AvgIpc) is 3.19. The standard InChI is InChI=1S/C19H11ClF5N3O3/c1-28-16(18(21,22)23)12(8-26-28)17(29)27-10-4-2-9(3-5-10)11-6-14-15(7-13(11)20)31-19(24,25)30-14/h2-8H,1H3,(H,27,29). The van der Waals surface area contributed by atoms with Crippen molar-refractivity contribution in [3.63, 3.8) is 0 Å². The Balaban J connectivity index is 1.56. The largest absolute Gasteiger partial charge is 0.586 e. The molecule has 1 aromatic heterocycles. The van der Waals surface area contributed by atoms with Gasteiger partial charge >= 0.3 is 12.5 Å². The number of anilines is 1. The Hall–Kier alpha value is -3.34. The monoisotopic (exact) mass is 459 g/mol. The van der Waals surface area contributed by atoms with E-state index in [9.17, 15) is 26.7 Å². The van der Waals surface area contributed by atoms with E-state index >= 15 is 0 Å². The summed E-state index contributed by atoms with van der Waals surface area (Å²) in [5, 5.41) is 5.97. The van der Waals surface area contributed by atoms with Crippen molar-refractivity contribution >= 4 is 23.2 Å². The van der Waals surface area contributed by atoms with E-state index in [1.165, 1.54) is 36.4 Å². The van der Waals surface area contributed by atoms with Gasteiger partial charge in [-0.05, 0) is 23.8 Å². The maximum atomic E-state index is 13.2. The number of hydrogen-bond acceptors (Lipinski definition) is 4. The van der Waals surface area contributed by atoms with Gasteiger partial charge in [0.05, 0.1) is 16.8 Å². The second kappa shape index (κ2) is 7.12. The molecule has 0 atom stereocenters. The Bertz CT molecular complexity index is 1180. The molecule has 0 spiro atoms. The minimum Gasteiger partial charge on any atom is -0.395 e. The number of aryl methyl sites for hydroxylation is 1. The van der Waals surface area contributed by atoms with Gasteiger partial charge in [-0.2, -0.15) is 18.3 Å². The Morgan fingerprint density at radius 2 is 1.74 bits per heavy atom. The first-order chi connectivity index (χ1) is 14.4. The number of rotatable bonds is 3. The number of benzene rings is 2. The fourth-order valence-corrected chi connectivity index (χ4v) is 3.33. The molecule has 0 aliphatic carbocycles. The lowest BCUT2D eigenvalue weighted by Crippen LogP contribution is -2.25. The molecule has 2 heterocycles. The number of amides is 1. The lowest BCUT2D eigenvalue weighted by molar-refractivity contribution is -0.286. The molecule has 1 aliphatic rings. The molecule has 1 aliphatic heterocycles. The van der Waals surface area contributed by atoms with Crippen LogP contribution in [0, 0.1) is 0 Å². The highest BCUT2D eigenvalue weighted by molar-refractivity contribution is 6.33. The average molecular weight is 460 g/mol. The summed E-state index contributed by atoms with van der Waals surface area (Å²) < 4.78 is 75.2. The maximum Gasteiger partial charge on any atom is 0.586 e. The van der Waals surface area contributed by atoms with E-state index in [4.69, 9.17) is 11.6 Å². The summed E-state index contributed by atoms with van der Waals surface area (Å²) in [5.74, 6) is -1.39. The van der Waals surface area contributed by atoms with E-state index in [2.05, 4.69) is 19.9 Å². The molecule has 6 nitrogen and oxygen atoms in total. The number of ether oxygens (including phenoxy) is 2. The molecule has 0 fully saturated rings.